The van der Waals surface area contributed by atoms with E-state index < -0.39 is 0 Å². The van der Waals surface area contributed by atoms with Crippen LogP contribution in [0.1, 0.15) is 46.8 Å². The summed E-state index contributed by atoms with van der Waals surface area (Å²) in [5.74, 6) is -0.0561. The molecule has 2 heteroatoms. The van der Waals surface area contributed by atoms with Crippen LogP contribution in [0.15, 0.2) is 42.5 Å². The van der Waals surface area contributed by atoms with Crippen molar-refractivity contribution in [2.24, 2.45) is 0 Å². The van der Waals surface area contributed by atoms with Crippen molar-refractivity contribution in [3.63, 3.8) is 0 Å². The van der Waals surface area contributed by atoms with Crippen molar-refractivity contribution in [3.05, 3.63) is 64.7 Å². The van der Waals surface area contributed by atoms with Gasteiger partial charge in [-0.1, -0.05) is 31.5 Å². The van der Waals surface area contributed by atoms with Gasteiger partial charge < -0.3 is 5.32 Å². The molecule has 0 bridgehead atoms. The Morgan fingerprint density at radius 1 is 1.00 bits per heavy atom. The van der Waals surface area contributed by atoms with Crippen molar-refractivity contribution in [1.82, 2.24) is 0 Å². The Morgan fingerprint density at radius 3 is 2.33 bits per heavy atom. The Kier molecular flexibility index (Phi) is 5.15. The third kappa shape index (κ3) is 4.19. The number of hydrogen-bond acceptors (Lipinski definition) is 1. The largest absolute Gasteiger partial charge is 0.322 e. The van der Waals surface area contributed by atoms with Crippen LogP contribution in [0, 0.1) is 13.8 Å². The Labute approximate surface area is 127 Å². The molecule has 21 heavy (non-hydrogen) atoms. The molecule has 2 aromatic rings. The van der Waals surface area contributed by atoms with E-state index in [0.29, 0.717) is 5.56 Å². The van der Waals surface area contributed by atoms with Crippen LogP contribution in [0.5, 0.6) is 0 Å². The average molecular weight is 281 g/mol. The fourth-order valence-corrected chi connectivity index (χ4v) is 2.22. The molecule has 0 saturated carbocycles. The fourth-order valence-electron chi connectivity index (χ4n) is 2.22. The molecule has 1 amide bonds. The molecule has 2 aromatic carbocycles. The van der Waals surface area contributed by atoms with Crippen molar-refractivity contribution in [1.29, 1.82) is 0 Å². The zero-order chi connectivity index (χ0) is 15.2. The van der Waals surface area contributed by atoms with E-state index in [-0.39, 0.29) is 5.91 Å². The molecule has 1 N–H and O–H groups in total. The van der Waals surface area contributed by atoms with Gasteiger partial charge in [0.1, 0.15) is 0 Å². The van der Waals surface area contributed by atoms with Crippen molar-refractivity contribution in [2.75, 3.05) is 5.32 Å². The number of anilines is 1. The van der Waals surface area contributed by atoms with E-state index in [1.165, 1.54) is 24.0 Å². The minimum atomic E-state index is -0.0561. The van der Waals surface area contributed by atoms with Crippen LogP contribution >= 0.6 is 0 Å². The van der Waals surface area contributed by atoms with Gasteiger partial charge in [0.2, 0.25) is 0 Å². The molecule has 0 aliphatic heterocycles. The molecule has 0 unspecified atom stereocenters. The number of carbonyl (C=O) groups is 1. The number of benzene rings is 2. The van der Waals surface area contributed by atoms with Crippen molar-refractivity contribution in [2.45, 2.75) is 40.0 Å². The smallest absolute Gasteiger partial charge is 0.255 e. The Hall–Kier alpha value is -2.09. The van der Waals surface area contributed by atoms with Crippen LogP contribution < -0.4 is 5.32 Å². The summed E-state index contributed by atoms with van der Waals surface area (Å²) in [7, 11) is 0. The highest BCUT2D eigenvalue weighted by Gasteiger charge is 2.07. The van der Waals surface area contributed by atoms with E-state index in [9.17, 15) is 4.79 Å². The lowest BCUT2D eigenvalue weighted by molar-refractivity contribution is 0.102. The molecular weight excluding hydrogens is 258 g/mol. The highest BCUT2D eigenvalue weighted by Crippen LogP contribution is 2.15. The summed E-state index contributed by atoms with van der Waals surface area (Å²) in [5, 5.41) is 2.95. The molecule has 0 aliphatic carbocycles. The molecule has 0 aliphatic rings. The lowest BCUT2D eigenvalue weighted by Gasteiger charge is -2.08. The van der Waals surface area contributed by atoms with E-state index in [1.807, 2.05) is 44.2 Å². The summed E-state index contributed by atoms with van der Waals surface area (Å²) in [5.41, 5.74) is 5.21. The monoisotopic (exact) mass is 281 g/mol. The standard InChI is InChI=1S/C19H23NO/c1-4-5-6-16-8-11-18(12-9-16)20-19(21)17-10-7-14(2)15(3)13-17/h7-13H,4-6H2,1-3H3,(H,20,21). The predicted octanol–water partition coefficient (Wildman–Crippen LogP) is 4.90. The van der Waals surface area contributed by atoms with Crippen LogP contribution in [-0.4, -0.2) is 5.91 Å². The van der Waals surface area contributed by atoms with Gasteiger partial charge in [-0.15, -0.1) is 0 Å². The first-order chi connectivity index (χ1) is 10.1. The minimum absolute atomic E-state index is 0.0561. The van der Waals surface area contributed by atoms with E-state index in [1.54, 1.807) is 0 Å². The van der Waals surface area contributed by atoms with Crippen LogP contribution in [0.2, 0.25) is 0 Å². The Bertz CT molecular complexity index is 614. The zero-order valence-electron chi connectivity index (χ0n) is 13.1. The normalized spacial score (nSPS) is 10.4. The van der Waals surface area contributed by atoms with Gasteiger partial charge in [0, 0.05) is 11.3 Å². The summed E-state index contributed by atoms with van der Waals surface area (Å²) in [4.78, 5) is 12.2. The van der Waals surface area contributed by atoms with Gasteiger partial charge in [0.05, 0.1) is 0 Å². The van der Waals surface area contributed by atoms with E-state index in [4.69, 9.17) is 0 Å². The molecule has 0 spiro atoms. The third-order valence-corrected chi connectivity index (χ3v) is 3.80. The van der Waals surface area contributed by atoms with Gasteiger partial charge >= 0.3 is 0 Å². The van der Waals surface area contributed by atoms with Crippen molar-refractivity contribution in [3.8, 4) is 0 Å². The third-order valence-electron chi connectivity index (χ3n) is 3.80. The van der Waals surface area contributed by atoms with Gasteiger partial charge in [0.25, 0.3) is 5.91 Å². The number of carbonyl (C=O) groups excluding carboxylic acids is 1. The molecule has 0 saturated heterocycles. The van der Waals surface area contributed by atoms with Gasteiger partial charge in [-0.25, -0.2) is 0 Å². The van der Waals surface area contributed by atoms with Crippen LogP contribution in [0.25, 0.3) is 0 Å². The first-order valence-electron chi connectivity index (χ1n) is 7.57. The fraction of sp³-hybridized carbons (Fsp3) is 0.316. The maximum atomic E-state index is 12.2. The number of amides is 1. The Balaban J connectivity index is 2.03. The summed E-state index contributed by atoms with van der Waals surface area (Å²) in [6.07, 6.45) is 3.50. The SMILES string of the molecule is CCCCc1ccc(NC(=O)c2ccc(C)c(C)c2)cc1. The summed E-state index contributed by atoms with van der Waals surface area (Å²) >= 11 is 0. The van der Waals surface area contributed by atoms with Gasteiger partial charge in [-0.2, -0.15) is 0 Å². The lowest BCUT2D eigenvalue weighted by atomic mass is 10.1. The molecule has 2 rings (SSSR count). The number of hydrogen-bond donors (Lipinski definition) is 1. The topological polar surface area (TPSA) is 29.1 Å². The summed E-state index contributed by atoms with van der Waals surface area (Å²) in [6.45, 7) is 6.26. The van der Waals surface area contributed by atoms with Gasteiger partial charge in [0.15, 0.2) is 0 Å². The average Bonchev–Trinajstić information content (AvgIpc) is 2.49. The minimum Gasteiger partial charge on any atom is -0.322 e. The maximum absolute atomic E-state index is 12.2. The summed E-state index contributed by atoms with van der Waals surface area (Å²) in [6, 6.07) is 13.9. The first kappa shape index (κ1) is 15.3. The van der Waals surface area contributed by atoms with Gasteiger partial charge in [-0.3, -0.25) is 4.79 Å². The molecule has 0 aromatic heterocycles. The Morgan fingerprint density at radius 2 is 1.71 bits per heavy atom. The van der Waals surface area contributed by atoms with E-state index in [2.05, 4.69) is 24.4 Å². The van der Waals surface area contributed by atoms with E-state index in [0.717, 1.165) is 17.7 Å². The van der Waals surface area contributed by atoms with Crippen LogP contribution in [0.3, 0.4) is 0 Å². The van der Waals surface area contributed by atoms with Crippen molar-refractivity contribution >= 4 is 11.6 Å². The molecule has 110 valence electrons. The second-order valence-corrected chi connectivity index (χ2v) is 5.55. The summed E-state index contributed by atoms with van der Waals surface area (Å²) < 4.78 is 0. The first-order valence-corrected chi connectivity index (χ1v) is 7.57. The highest BCUT2D eigenvalue weighted by atomic mass is 16.1. The molecule has 0 heterocycles. The lowest BCUT2D eigenvalue weighted by Crippen LogP contribution is -2.12. The van der Waals surface area contributed by atoms with E-state index >= 15 is 0 Å². The molecule has 0 fully saturated rings. The van der Waals surface area contributed by atoms with Gasteiger partial charge in [-0.05, 0) is 67.6 Å². The number of nitrogens with one attached hydrogen (secondary N) is 1. The predicted molar refractivity (Wildman–Crippen MR) is 88.9 cm³/mol. The number of rotatable bonds is 5. The van der Waals surface area contributed by atoms with Crippen LogP contribution in [0.4, 0.5) is 5.69 Å². The molecule has 2 nitrogen and oxygen atoms in total. The number of aryl methyl sites for hydroxylation is 3. The second kappa shape index (κ2) is 7.07. The second-order valence-electron chi connectivity index (χ2n) is 5.55. The highest BCUT2D eigenvalue weighted by molar-refractivity contribution is 6.04. The van der Waals surface area contributed by atoms with Crippen molar-refractivity contribution < 1.29 is 4.79 Å². The molecule has 0 radical (unpaired) electrons. The molecule has 0 atom stereocenters. The zero-order valence-corrected chi connectivity index (χ0v) is 13.1. The number of unbranched alkanes of at least 4 members (excludes halogenated alkanes) is 1. The quantitative estimate of drug-likeness (QED) is 0.830. The maximum Gasteiger partial charge on any atom is 0.255 e. The van der Waals surface area contributed by atoms with Crippen LogP contribution in [-0.2, 0) is 6.42 Å². The molecular formula is C19H23NO.